The van der Waals surface area contributed by atoms with Crippen LogP contribution in [0.3, 0.4) is 0 Å². The summed E-state index contributed by atoms with van der Waals surface area (Å²) in [6, 6.07) is 9.96. The maximum atomic E-state index is 5.93. The number of thiophene rings is 1. The van der Waals surface area contributed by atoms with Crippen molar-refractivity contribution in [2.45, 2.75) is 6.54 Å². The fourth-order valence-corrected chi connectivity index (χ4v) is 2.61. The van der Waals surface area contributed by atoms with Gasteiger partial charge in [0.15, 0.2) is 0 Å². The van der Waals surface area contributed by atoms with Crippen molar-refractivity contribution >= 4 is 33.6 Å². The molecule has 1 aromatic carbocycles. The number of pyridine rings is 1. The van der Waals surface area contributed by atoms with Gasteiger partial charge >= 0.3 is 0 Å². The molecule has 2 aromatic heterocycles. The molecule has 0 radical (unpaired) electrons. The lowest BCUT2D eigenvalue weighted by atomic mass is 10.1. The van der Waals surface area contributed by atoms with E-state index in [4.69, 9.17) is 5.73 Å². The lowest BCUT2D eigenvalue weighted by molar-refractivity contribution is 1.17. The van der Waals surface area contributed by atoms with Gasteiger partial charge in [0.2, 0.25) is 0 Å². The van der Waals surface area contributed by atoms with Crippen LogP contribution in [0.25, 0.3) is 10.9 Å². The van der Waals surface area contributed by atoms with E-state index >= 15 is 0 Å². The number of nitrogens with one attached hydrogen (secondary N) is 1. The van der Waals surface area contributed by atoms with Gasteiger partial charge in [-0.1, -0.05) is 12.1 Å². The highest BCUT2D eigenvalue weighted by molar-refractivity contribution is 7.07. The van der Waals surface area contributed by atoms with Gasteiger partial charge in [0.25, 0.3) is 0 Å². The summed E-state index contributed by atoms with van der Waals surface area (Å²) in [5, 5.41) is 8.72. The van der Waals surface area contributed by atoms with Crippen LogP contribution >= 0.6 is 11.3 Å². The van der Waals surface area contributed by atoms with Crippen LogP contribution in [0.4, 0.5) is 11.4 Å². The van der Waals surface area contributed by atoms with E-state index in [9.17, 15) is 0 Å². The number of nitrogen functional groups attached to an aromatic ring is 1. The SMILES string of the molecule is Nc1cccc2c(NCc3ccsc3)ccnc12. The van der Waals surface area contributed by atoms with Crippen molar-refractivity contribution in [3.8, 4) is 0 Å². The first-order valence-corrected chi connectivity index (χ1v) is 6.67. The molecule has 0 amide bonds. The van der Waals surface area contributed by atoms with Crippen LogP contribution in [-0.2, 0) is 6.54 Å². The largest absolute Gasteiger partial charge is 0.397 e. The number of rotatable bonds is 3. The maximum absolute atomic E-state index is 5.93. The number of hydrogen-bond acceptors (Lipinski definition) is 4. The van der Waals surface area contributed by atoms with Crippen LogP contribution < -0.4 is 11.1 Å². The summed E-state index contributed by atoms with van der Waals surface area (Å²) in [4.78, 5) is 4.32. The van der Waals surface area contributed by atoms with Crippen molar-refractivity contribution in [2.24, 2.45) is 0 Å². The first-order valence-electron chi connectivity index (χ1n) is 5.73. The van der Waals surface area contributed by atoms with E-state index in [-0.39, 0.29) is 0 Å². The molecule has 4 heteroatoms. The lowest BCUT2D eigenvalue weighted by Crippen LogP contribution is -2.00. The molecule has 0 bridgehead atoms. The molecule has 0 spiro atoms. The summed E-state index contributed by atoms with van der Waals surface area (Å²) in [7, 11) is 0. The maximum Gasteiger partial charge on any atom is 0.0951 e. The first kappa shape index (κ1) is 11.0. The molecule has 0 fully saturated rings. The Balaban J connectivity index is 1.94. The average molecular weight is 255 g/mol. The number of fused-ring (bicyclic) bond motifs is 1. The van der Waals surface area contributed by atoms with Crippen LogP contribution in [0.5, 0.6) is 0 Å². The van der Waals surface area contributed by atoms with Gasteiger partial charge in [-0.2, -0.15) is 11.3 Å². The van der Waals surface area contributed by atoms with Crippen LogP contribution in [0.2, 0.25) is 0 Å². The highest BCUT2D eigenvalue weighted by Gasteiger charge is 2.03. The van der Waals surface area contributed by atoms with E-state index in [0.29, 0.717) is 5.69 Å². The molecular weight excluding hydrogens is 242 g/mol. The van der Waals surface area contributed by atoms with E-state index in [1.807, 2.05) is 24.3 Å². The van der Waals surface area contributed by atoms with Crippen molar-refractivity contribution in [2.75, 3.05) is 11.1 Å². The van der Waals surface area contributed by atoms with Gasteiger partial charge < -0.3 is 11.1 Å². The molecular formula is C14H13N3S. The molecule has 18 heavy (non-hydrogen) atoms. The standard InChI is InChI=1S/C14H13N3S/c15-12-3-1-2-11-13(4-6-16-14(11)12)17-8-10-5-7-18-9-10/h1-7,9H,8,15H2,(H,16,17). The number of nitrogens with zero attached hydrogens (tertiary/aromatic N) is 1. The zero-order valence-corrected chi connectivity index (χ0v) is 10.6. The molecule has 3 nitrogen and oxygen atoms in total. The fraction of sp³-hybridized carbons (Fsp3) is 0.0714. The topological polar surface area (TPSA) is 50.9 Å². The Morgan fingerprint density at radius 1 is 1.22 bits per heavy atom. The zero-order valence-electron chi connectivity index (χ0n) is 9.76. The summed E-state index contributed by atoms with van der Waals surface area (Å²) in [6.07, 6.45) is 1.79. The van der Waals surface area contributed by atoms with Crippen LogP contribution in [0, 0.1) is 0 Å². The van der Waals surface area contributed by atoms with Crippen molar-refractivity contribution in [1.29, 1.82) is 0 Å². The number of para-hydroxylation sites is 1. The molecule has 2 heterocycles. The monoisotopic (exact) mass is 255 g/mol. The third kappa shape index (κ3) is 2.02. The second-order valence-corrected chi connectivity index (χ2v) is 4.87. The van der Waals surface area contributed by atoms with Gasteiger partial charge in [-0.25, -0.2) is 0 Å². The number of aromatic nitrogens is 1. The smallest absolute Gasteiger partial charge is 0.0951 e. The van der Waals surface area contributed by atoms with Gasteiger partial charge in [0.05, 0.1) is 11.2 Å². The Hall–Kier alpha value is -2.07. The minimum absolute atomic E-state index is 0.715. The Bertz CT molecular complexity index is 662. The quantitative estimate of drug-likeness (QED) is 0.704. The third-order valence-corrected chi connectivity index (χ3v) is 3.60. The van der Waals surface area contributed by atoms with Crippen molar-refractivity contribution in [3.63, 3.8) is 0 Å². The molecule has 0 saturated carbocycles. The summed E-state index contributed by atoms with van der Waals surface area (Å²) in [5.74, 6) is 0. The van der Waals surface area contributed by atoms with E-state index in [2.05, 4.69) is 27.1 Å². The summed E-state index contributed by atoms with van der Waals surface area (Å²) >= 11 is 1.71. The second kappa shape index (κ2) is 4.66. The van der Waals surface area contributed by atoms with Crippen LogP contribution in [0.15, 0.2) is 47.3 Å². The summed E-state index contributed by atoms with van der Waals surface area (Å²) in [5.41, 5.74) is 9.85. The molecule has 3 rings (SSSR count). The number of hydrogen-bond donors (Lipinski definition) is 2. The molecule has 3 N–H and O–H groups in total. The van der Waals surface area contributed by atoms with Gasteiger partial charge in [-0.3, -0.25) is 4.98 Å². The fourth-order valence-electron chi connectivity index (χ4n) is 1.94. The molecule has 90 valence electrons. The van der Waals surface area contributed by atoms with Gasteiger partial charge in [-0.05, 0) is 34.5 Å². The number of nitrogens with two attached hydrogens (primary N) is 1. The Morgan fingerprint density at radius 3 is 3.00 bits per heavy atom. The van der Waals surface area contributed by atoms with Crippen molar-refractivity contribution in [1.82, 2.24) is 4.98 Å². The predicted octanol–water partition coefficient (Wildman–Crippen LogP) is 3.49. The van der Waals surface area contributed by atoms with Crippen LogP contribution in [0.1, 0.15) is 5.56 Å². The second-order valence-electron chi connectivity index (χ2n) is 4.09. The molecule has 0 saturated heterocycles. The molecule has 0 aliphatic carbocycles. The molecule has 3 aromatic rings. The van der Waals surface area contributed by atoms with Crippen LogP contribution in [-0.4, -0.2) is 4.98 Å². The molecule has 0 aliphatic rings. The Morgan fingerprint density at radius 2 is 2.17 bits per heavy atom. The van der Waals surface area contributed by atoms with Gasteiger partial charge in [0, 0.05) is 23.8 Å². The molecule has 0 aliphatic heterocycles. The first-order chi connectivity index (χ1) is 8.84. The van der Waals surface area contributed by atoms with Crippen molar-refractivity contribution < 1.29 is 0 Å². The summed E-state index contributed by atoms with van der Waals surface area (Å²) in [6.45, 7) is 0.817. The van der Waals surface area contributed by atoms with E-state index in [0.717, 1.165) is 23.1 Å². The van der Waals surface area contributed by atoms with E-state index in [1.54, 1.807) is 17.5 Å². The third-order valence-electron chi connectivity index (χ3n) is 2.87. The minimum Gasteiger partial charge on any atom is -0.397 e. The van der Waals surface area contributed by atoms with Gasteiger partial charge in [0.1, 0.15) is 0 Å². The van der Waals surface area contributed by atoms with E-state index in [1.165, 1.54) is 5.56 Å². The number of benzene rings is 1. The highest BCUT2D eigenvalue weighted by Crippen LogP contribution is 2.25. The van der Waals surface area contributed by atoms with Gasteiger partial charge in [-0.15, -0.1) is 0 Å². The zero-order chi connectivity index (χ0) is 12.4. The molecule has 0 atom stereocenters. The van der Waals surface area contributed by atoms with E-state index < -0.39 is 0 Å². The minimum atomic E-state index is 0.715. The summed E-state index contributed by atoms with van der Waals surface area (Å²) < 4.78 is 0. The normalized spacial score (nSPS) is 10.7. The average Bonchev–Trinajstić information content (AvgIpc) is 2.90. The Kier molecular flexibility index (Phi) is 2.86. The number of anilines is 2. The van der Waals surface area contributed by atoms with Crippen molar-refractivity contribution in [3.05, 3.63) is 52.9 Å². The molecule has 0 unspecified atom stereocenters. The predicted molar refractivity (Wildman–Crippen MR) is 77.8 cm³/mol. The highest BCUT2D eigenvalue weighted by atomic mass is 32.1. The Labute approximate surface area is 109 Å². The lowest BCUT2D eigenvalue weighted by Gasteiger charge is -2.09.